The van der Waals surface area contributed by atoms with Crippen molar-refractivity contribution in [2.75, 3.05) is 31.6 Å². The molecule has 0 spiro atoms. The van der Waals surface area contributed by atoms with Gasteiger partial charge in [0.1, 0.15) is 12.3 Å². The molecule has 0 radical (unpaired) electrons. The number of likely N-dealkylation sites (N-methyl/N-ethyl adjacent to an activating group) is 1. The Hall–Kier alpha value is -2.25. The second kappa shape index (κ2) is 9.29. The van der Waals surface area contributed by atoms with Crippen LogP contribution < -0.4 is 5.32 Å². The topological polar surface area (TPSA) is 71.5 Å². The minimum atomic E-state index is -0.361. The highest BCUT2D eigenvalue weighted by atomic mass is 32.1. The molecule has 0 atom stereocenters. The van der Waals surface area contributed by atoms with Gasteiger partial charge < -0.3 is 15.0 Å². The minimum Gasteiger partial charge on any atom is -0.461 e. The molecule has 1 aromatic carbocycles. The number of anilines is 1. The Morgan fingerprint density at radius 3 is 2.44 bits per heavy atom. The number of carbonyl (C=O) groups excluding carboxylic acids is 2. The number of hydrogen-bond acceptors (Lipinski definition) is 6. The number of nitrogens with zero attached hydrogens (tertiary/aromatic N) is 2. The molecule has 0 saturated carbocycles. The quantitative estimate of drug-likeness (QED) is 0.731. The number of aryl methyl sites for hydroxylation is 1. The van der Waals surface area contributed by atoms with Crippen molar-refractivity contribution in [1.29, 1.82) is 0 Å². The molecule has 0 unspecified atom stereocenters. The number of esters is 1. The molecule has 6 nitrogen and oxygen atoms in total. The second-order valence-corrected chi connectivity index (χ2v) is 6.51. The number of rotatable bonds is 8. The van der Waals surface area contributed by atoms with Gasteiger partial charge in [-0.05, 0) is 44.3 Å². The molecule has 0 aliphatic heterocycles. The first-order valence-corrected chi connectivity index (χ1v) is 9.14. The molecule has 0 aliphatic rings. The van der Waals surface area contributed by atoms with Crippen LogP contribution in [0, 0.1) is 6.92 Å². The summed E-state index contributed by atoms with van der Waals surface area (Å²) in [4.78, 5) is 30.4. The molecule has 1 amide bonds. The largest absolute Gasteiger partial charge is 0.461 e. The lowest BCUT2D eigenvalue weighted by atomic mass is 10.2. The van der Waals surface area contributed by atoms with E-state index in [2.05, 4.69) is 29.0 Å². The second-order valence-electron chi connectivity index (χ2n) is 5.45. The standard InChI is InChI=1S/C18H23N3O3S/c1-4-21(5-2)10-11-24-18(23)14-6-8-15(9-7-14)20-17(22)16-12-25-13(3)19-16/h6-9,12H,4-5,10-11H2,1-3H3,(H,20,22). The first-order chi connectivity index (χ1) is 12.0. The van der Waals surface area contributed by atoms with E-state index in [9.17, 15) is 9.59 Å². The van der Waals surface area contributed by atoms with E-state index < -0.39 is 0 Å². The first kappa shape index (κ1) is 19.1. The van der Waals surface area contributed by atoms with Gasteiger partial charge in [-0.25, -0.2) is 9.78 Å². The van der Waals surface area contributed by atoms with Gasteiger partial charge in [0.25, 0.3) is 5.91 Å². The molecule has 25 heavy (non-hydrogen) atoms. The summed E-state index contributed by atoms with van der Waals surface area (Å²) in [5, 5.41) is 5.31. The van der Waals surface area contributed by atoms with Crippen LogP contribution in [0.2, 0.25) is 0 Å². The van der Waals surface area contributed by atoms with Crippen molar-refractivity contribution in [3.8, 4) is 0 Å². The van der Waals surface area contributed by atoms with Crippen molar-refractivity contribution < 1.29 is 14.3 Å². The summed E-state index contributed by atoms with van der Waals surface area (Å²) in [6, 6.07) is 6.64. The number of benzene rings is 1. The fraction of sp³-hybridized carbons (Fsp3) is 0.389. The Morgan fingerprint density at radius 1 is 1.20 bits per heavy atom. The van der Waals surface area contributed by atoms with E-state index in [0.717, 1.165) is 24.6 Å². The average Bonchev–Trinajstić information content (AvgIpc) is 3.06. The Morgan fingerprint density at radius 2 is 1.88 bits per heavy atom. The number of amides is 1. The highest BCUT2D eigenvalue weighted by molar-refractivity contribution is 7.09. The van der Waals surface area contributed by atoms with Crippen LogP contribution in [0.1, 0.15) is 39.7 Å². The van der Waals surface area contributed by atoms with Crippen molar-refractivity contribution in [2.24, 2.45) is 0 Å². The zero-order valence-electron chi connectivity index (χ0n) is 14.7. The predicted octanol–water partition coefficient (Wildman–Crippen LogP) is 3.20. The van der Waals surface area contributed by atoms with Gasteiger partial charge in [0.15, 0.2) is 0 Å². The van der Waals surface area contributed by atoms with E-state index in [0.29, 0.717) is 23.6 Å². The third kappa shape index (κ3) is 5.65. The Kier molecular flexibility index (Phi) is 7.09. The monoisotopic (exact) mass is 361 g/mol. The van der Waals surface area contributed by atoms with Crippen molar-refractivity contribution >= 4 is 28.9 Å². The highest BCUT2D eigenvalue weighted by Crippen LogP contribution is 2.14. The molecule has 7 heteroatoms. The lowest BCUT2D eigenvalue weighted by Crippen LogP contribution is -2.27. The summed E-state index contributed by atoms with van der Waals surface area (Å²) < 4.78 is 5.28. The lowest BCUT2D eigenvalue weighted by Gasteiger charge is -2.17. The number of nitrogens with one attached hydrogen (secondary N) is 1. The van der Waals surface area contributed by atoms with Gasteiger partial charge in [-0.1, -0.05) is 13.8 Å². The SMILES string of the molecule is CCN(CC)CCOC(=O)c1ccc(NC(=O)c2csc(C)n2)cc1. The molecule has 0 saturated heterocycles. The van der Waals surface area contributed by atoms with Gasteiger partial charge >= 0.3 is 5.97 Å². The Labute approximate surface area is 151 Å². The van der Waals surface area contributed by atoms with Gasteiger partial charge in [-0.2, -0.15) is 0 Å². The molecule has 0 aliphatic carbocycles. The Balaban J connectivity index is 1.86. The van der Waals surface area contributed by atoms with Gasteiger partial charge in [0.2, 0.25) is 0 Å². The molecule has 0 bridgehead atoms. The fourth-order valence-electron chi connectivity index (χ4n) is 2.24. The summed E-state index contributed by atoms with van der Waals surface area (Å²) in [5.74, 6) is -0.626. The number of aromatic nitrogens is 1. The normalized spacial score (nSPS) is 10.7. The van der Waals surface area contributed by atoms with Crippen LogP contribution in [-0.4, -0.2) is 48.0 Å². The van der Waals surface area contributed by atoms with Crippen molar-refractivity contribution in [2.45, 2.75) is 20.8 Å². The molecule has 2 aromatic rings. The van der Waals surface area contributed by atoms with E-state index >= 15 is 0 Å². The van der Waals surface area contributed by atoms with Crippen molar-refractivity contribution in [3.05, 3.63) is 45.9 Å². The molecule has 2 rings (SSSR count). The molecule has 0 fully saturated rings. The third-order valence-electron chi connectivity index (χ3n) is 3.77. The highest BCUT2D eigenvalue weighted by Gasteiger charge is 2.11. The van der Waals surface area contributed by atoms with Crippen LogP contribution in [0.15, 0.2) is 29.6 Å². The van der Waals surface area contributed by atoms with Crippen LogP contribution in [-0.2, 0) is 4.74 Å². The van der Waals surface area contributed by atoms with Crippen molar-refractivity contribution in [3.63, 3.8) is 0 Å². The molecular weight excluding hydrogens is 338 g/mol. The summed E-state index contributed by atoms with van der Waals surface area (Å²) in [6.07, 6.45) is 0. The summed E-state index contributed by atoms with van der Waals surface area (Å²) in [6.45, 7) is 8.95. The summed E-state index contributed by atoms with van der Waals surface area (Å²) >= 11 is 1.43. The van der Waals surface area contributed by atoms with Crippen LogP contribution in [0.25, 0.3) is 0 Å². The molecule has 1 aromatic heterocycles. The van der Waals surface area contributed by atoms with Gasteiger partial charge in [0.05, 0.1) is 10.6 Å². The number of ether oxygens (including phenoxy) is 1. The lowest BCUT2D eigenvalue weighted by molar-refractivity contribution is 0.0466. The first-order valence-electron chi connectivity index (χ1n) is 8.26. The number of thiazole rings is 1. The predicted molar refractivity (Wildman–Crippen MR) is 99.3 cm³/mol. The van der Waals surface area contributed by atoms with Crippen LogP contribution in [0.4, 0.5) is 5.69 Å². The van der Waals surface area contributed by atoms with Gasteiger partial charge in [0, 0.05) is 17.6 Å². The molecule has 1 heterocycles. The minimum absolute atomic E-state index is 0.265. The average molecular weight is 361 g/mol. The van der Waals surface area contributed by atoms with Crippen molar-refractivity contribution in [1.82, 2.24) is 9.88 Å². The zero-order chi connectivity index (χ0) is 18.2. The van der Waals surface area contributed by atoms with Crippen LogP contribution in [0.5, 0.6) is 0 Å². The van der Waals surface area contributed by atoms with E-state index in [1.165, 1.54) is 11.3 Å². The van der Waals surface area contributed by atoms with E-state index in [4.69, 9.17) is 4.74 Å². The zero-order valence-corrected chi connectivity index (χ0v) is 15.6. The number of carbonyl (C=O) groups is 2. The Bertz CT molecular complexity index is 709. The van der Waals surface area contributed by atoms with Crippen LogP contribution >= 0.6 is 11.3 Å². The summed E-state index contributed by atoms with van der Waals surface area (Å²) in [5.41, 5.74) is 1.46. The van der Waals surface area contributed by atoms with Crippen LogP contribution in [0.3, 0.4) is 0 Å². The van der Waals surface area contributed by atoms with E-state index in [1.807, 2.05) is 6.92 Å². The molecule has 134 valence electrons. The molecular formula is C18H23N3O3S. The van der Waals surface area contributed by atoms with E-state index in [1.54, 1.807) is 29.6 Å². The summed E-state index contributed by atoms with van der Waals surface area (Å²) in [7, 11) is 0. The maximum Gasteiger partial charge on any atom is 0.338 e. The van der Waals surface area contributed by atoms with Gasteiger partial charge in [-0.3, -0.25) is 4.79 Å². The maximum absolute atomic E-state index is 12.0. The maximum atomic E-state index is 12.0. The molecule has 1 N–H and O–H groups in total. The smallest absolute Gasteiger partial charge is 0.338 e. The van der Waals surface area contributed by atoms with E-state index in [-0.39, 0.29) is 11.9 Å². The fourth-order valence-corrected chi connectivity index (χ4v) is 2.84. The third-order valence-corrected chi connectivity index (χ3v) is 4.54. The van der Waals surface area contributed by atoms with Gasteiger partial charge in [-0.15, -0.1) is 11.3 Å². The number of hydrogen-bond donors (Lipinski definition) is 1.